The molecule has 7 heteroatoms. The van der Waals surface area contributed by atoms with E-state index >= 15 is 0 Å². The highest BCUT2D eigenvalue weighted by Gasteiger charge is 2.52. The van der Waals surface area contributed by atoms with Crippen LogP contribution in [0.15, 0.2) is 0 Å². The fraction of sp³-hybridized carbons (Fsp3) is 0.880. The van der Waals surface area contributed by atoms with Crippen molar-refractivity contribution < 1.29 is 23.9 Å². The number of aldehydes is 1. The number of carbonyl (C=O) groups excluding carboxylic acids is 3. The van der Waals surface area contributed by atoms with Gasteiger partial charge in [-0.05, 0) is 53.4 Å². The molecule has 1 fully saturated rings. The van der Waals surface area contributed by atoms with E-state index in [1.54, 1.807) is 4.90 Å². The van der Waals surface area contributed by atoms with Gasteiger partial charge in [0.15, 0.2) is 0 Å². The number of amides is 2. The van der Waals surface area contributed by atoms with Crippen LogP contribution in [0.2, 0.25) is 0 Å². The number of rotatable bonds is 10. The molecular formula is C25H46N2O5. The summed E-state index contributed by atoms with van der Waals surface area (Å²) in [6, 6.07) is -0.392. The summed E-state index contributed by atoms with van der Waals surface area (Å²) in [5.41, 5.74) is -2.06. The summed E-state index contributed by atoms with van der Waals surface area (Å²) in [5, 5.41) is 3.04. The molecule has 0 saturated carbocycles. The van der Waals surface area contributed by atoms with Crippen LogP contribution in [0.25, 0.3) is 0 Å². The van der Waals surface area contributed by atoms with E-state index in [0.29, 0.717) is 6.42 Å². The number of carbonyl (C=O) groups is 3. The molecule has 1 saturated heterocycles. The highest BCUT2D eigenvalue weighted by molar-refractivity contribution is 5.81. The van der Waals surface area contributed by atoms with E-state index < -0.39 is 35.0 Å². The molecule has 0 aromatic heterocycles. The summed E-state index contributed by atoms with van der Waals surface area (Å²) in [6.07, 6.45) is 3.31. The smallest absolute Gasteiger partial charge is 0.412 e. The van der Waals surface area contributed by atoms with Crippen LogP contribution in [0.3, 0.4) is 0 Å². The molecule has 3 atom stereocenters. The van der Waals surface area contributed by atoms with Gasteiger partial charge in [0.05, 0.1) is 12.1 Å². The topological polar surface area (TPSA) is 84.9 Å². The average Bonchev–Trinajstić information content (AvgIpc) is 2.90. The first-order valence-corrected chi connectivity index (χ1v) is 12.0. The summed E-state index contributed by atoms with van der Waals surface area (Å²) in [4.78, 5) is 39.4. The molecule has 0 aromatic rings. The zero-order chi connectivity index (χ0) is 24.9. The molecule has 32 heavy (non-hydrogen) atoms. The maximum Gasteiger partial charge on any atom is 0.412 e. The summed E-state index contributed by atoms with van der Waals surface area (Å²) in [7, 11) is 0. The zero-order valence-corrected chi connectivity index (χ0v) is 21.9. The minimum Gasteiger partial charge on any atom is -0.444 e. The van der Waals surface area contributed by atoms with Crippen LogP contribution in [0.1, 0.15) is 94.9 Å². The van der Waals surface area contributed by atoms with E-state index in [0.717, 1.165) is 25.5 Å². The lowest BCUT2D eigenvalue weighted by Gasteiger charge is -2.36. The molecule has 1 unspecified atom stereocenters. The fourth-order valence-electron chi connectivity index (χ4n) is 4.10. The Morgan fingerprint density at radius 2 is 1.78 bits per heavy atom. The van der Waals surface area contributed by atoms with Gasteiger partial charge in [0, 0.05) is 17.9 Å². The molecule has 0 bridgehead atoms. The Balaban J connectivity index is 3.13. The largest absolute Gasteiger partial charge is 0.444 e. The molecule has 0 spiro atoms. The Morgan fingerprint density at radius 3 is 2.25 bits per heavy atom. The van der Waals surface area contributed by atoms with Gasteiger partial charge in [0.25, 0.3) is 0 Å². The SMILES string of the molecule is CCCCC(C)(C)C(=O)NCC1OC(C)(C)N(C(=O)OC(C)(C)C)[C@H]1C[C@H](C=O)C(C)C. The summed E-state index contributed by atoms with van der Waals surface area (Å²) >= 11 is 0. The van der Waals surface area contributed by atoms with Crippen molar-refractivity contribution in [3.05, 3.63) is 0 Å². The Bertz CT molecular complexity index is 651. The summed E-state index contributed by atoms with van der Waals surface area (Å²) in [6.45, 7) is 19.4. The quantitative estimate of drug-likeness (QED) is 0.474. The average molecular weight is 455 g/mol. The van der Waals surface area contributed by atoms with Crippen molar-refractivity contribution in [3.63, 3.8) is 0 Å². The minimum absolute atomic E-state index is 0.0300. The van der Waals surface area contributed by atoms with Crippen molar-refractivity contribution in [2.24, 2.45) is 17.3 Å². The molecule has 1 aliphatic rings. The molecule has 0 radical (unpaired) electrons. The van der Waals surface area contributed by atoms with Crippen molar-refractivity contribution >= 4 is 18.3 Å². The van der Waals surface area contributed by atoms with Gasteiger partial charge in [-0.1, -0.05) is 47.5 Å². The van der Waals surface area contributed by atoms with E-state index in [4.69, 9.17) is 9.47 Å². The lowest BCUT2D eigenvalue weighted by molar-refractivity contribution is -0.131. The predicted molar refractivity (Wildman–Crippen MR) is 126 cm³/mol. The number of unbranched alkanes of at least 4 members (excludes halogenated alkanes) is 1. The molecule has 1 rings (SSSR count). The third-order valence-electron chi connectivity index (χ3n) is 6.15. The monoisotopic (exact) mass is 454 g/mol. The molecule has 1 aliphatic heterocycles. The number of hydrogen-bond donors (Lipinski definition) is 1. The summed E-state index contributed by atoms with van der Waals surface area (Å²) in [5.74, 6) is -0.140. The van der Waals surface area contributed by atoms with Crippen molar-refractivity contribution in [1.29, 1.82) is 0 Å². The van der Waals surface area contributed by atoms with Gasteiger partial charge in [-0.3, -0.25) is 9.69 Å². The standard InChI is InChI=1S/C25H46N2O5/c1-11-12-13-24(7,8)21(29)26-15-20-19(14-18(16-28)17(2)3)27(25(9,10)31-20)22(30)32-23(4,5)6/h16-20H,11-15H2,1-10H3,(H,26,29)/t18-,19+,20?/m1/s1. The molecule has 0 aromatic carbocycles. The van der Waals surface area contributed by atoms with Crippen molar-refractivity contribution in [2.45, 2.75) is 118 Å². The normalized spacial score (nSPS) is 22.0. The lowest BCUT2D eigenvalue weighted by atomic mass is 9.86. The van der Waals surface area contributed by atoms with Gasteiger partial charge in [-0.2, -0.15) is 0 Å². The van der Waals surface area contributed by atoms with Crippen LogP contribution in [-0.2, 0) is 19.1 Å². The highest BCUT2D eigenvalue weighted by Crippen LogP contribution is 2.37. The third kappa shape index (κ3) is 7.75. The van der Waals surface area contributed by atoms with Gasteiger partial charge in [0.2, 0.25) is 5.91 Å². The molecule has 0 aliphatic carbocycles. The van der Waals surface area contributed by atoms with Gasteiger partial charge in [0.1, 0.15) is 17.6 Å². The maximum atomic E-state index is 13.1. The fourth-order valence-corrected chi connectivity index (χ4v) is 4.10. The number of nitrogens with zero attached hydrogens (tertiary/aromatic N) is 1. The number of hydrogen-bond acceptors (Lipinski definition) is 5. The second kappa shape index (κ2) is 11.0. The van der Waals surface area contributed by atoms with Gasteiger partial charge >= 0.3 is 6.09 Å². The molecule has 186 valence electrons. The highest BCUT2D eigenvalue weighted by atomic mass is 16.6. The maximum absolute atomic E-state index is 13.1. The Morgan fingerprint density at radius 1 is 1.19 bits per heavy atom. The van der Waals surface area contributed by atoms with E-state index in [1.165, 1.54) is 0 Å². The first-order valence-electron chi connectivity index (χ1n) is 12.0. The van der Waals surface area contributed by atoms with Crippen molar-refractivity contribution in [2.75, 3.05) is 6.54 Å². The predicted octanol–water partition coefficient (Wildman–Crippen LogP) is 4.92. The summed E-state index contributed by atoms with van der Waals surface area (Å²) < 4.78 is 11.9. The molecule has 1 N–H and O–H groups in total. The molecule has 2 amide bonds. The van der Waals surface area contributed by atoms with Crippen LogP contribution in [0, 0.1) is 17.3 Å². The van der Waals surface area contributed by atoms with Crippen LogP contribution >= 0.6 is 0 Å². The van der Waals surface area contributed by atoms with Crippen LogP contribution in [0.4, 0.5) is 4.79 Å². The van der Waals surface area contributed by atoms with Gasteiger partial charge in [-0.25, -0.2) is 4.79 Å². The molecule has 1 heterocycles. The van der Waals surface area contributed by atoms with E-state index in [9.17, 15) is 14.4 Å². The third-order valence-corrected chi connectivity index (χ3v) is 6.15. The van der Waals surface area contributed by atoms with E-state index in [2.05, 4.69) is 12.2 Å². The molecular weight excluding hydrogens is 408 g/mol. The van der Waals surface area contributed by atoms with Gasteiger partial charge < -0.3 is 19.6 Å². The van der Waals surface area contributed by atoms with Crippen molar-refractivity contribution in [3.8, 4) is 0 Å². The second-order valence-corrected chi connectivity index (χ2v) is 11.5. The first kappa shape index (κ1) is 28.4. The number of nitrogens with one attached hydrogen (secondary N) is 1. The van der Waals surface area contributed by atoms with Crippen molar-refractivity contribution in [1.82, 2.24) is 10.2 Å². The second-order valence-electron chi connectivity index (χ2n) is 11.5. The van der Waals surface area contributed by atoms with Gasteiger partial charge in [-0.15, -0.1) is 0 Å². The Hall–Kier alpha value is -1.63. The van der Waals surface area contributed by atoms with E-state index in [-0.39, 0.29) is 24.3 Å². The Kier molecular flexibility index (Phi) is 9.76. The van der Waals surface area contributed by atoms with Crippen LogP contribution in [0.5, 0.6) is 0 Å². The number of ether oxygens (including phenoxy) is 2. The molecule has 7 nitrogen and oxygen atoms in total. The van der Waals surface area contributed by atoms with E-state index in [1.807, 2.05) is 62.3 Å². The first-order chi connectivity index (χ1) is 14.6. The lowest BCUT2D eigenvalue weighted by Crippen LogP contribution is -2.52. The Labute approximate surface area is 195 Å². The van der Waals surface area contributed by atoms with Crippen LogP contribution in [-0.4, -0.2) is 53.2 Å². The minimum atomic E-state index is -0.926. The zero-order valence-electron chi connectivity index (χ0n) is 21.9. The van der Waals surface area contributed by atoms with Crippen LogP contribution < -0.4 is 5.32 Å².